The lowest BCUT2D eigenvalue weighted by molar-refractivity contribution is 0.100. The SMILES string of the molecule is COc1cccc(NC(=O)Nc2cccc(C(=O)CN)c2)c1. The van der Waals surface area contributed by atoms with Crippen molar-refractivity contribution in [2.45, 2.75) is 0 Å². The van der Waals surface area contributed by atoms with Crippen LogP contribution in [0.2, 0.25) is 0 Å². The molecule has 0 bridgehead atoms. The van der Waals surface area contributed by atoms with E-state index in [1.165, 1.54) is 0 Å². The first-order valence-corrected chi connectivity index (χ1v) is 6.68. The maximum absolute atomic E-state index is 12.0. The molecule has 2 amide bonds. The molecule has 0 unspecified atom stereocenters. The van der Waals surface area contributed by atoms with Crippen molar-refractivity contribution >= 4 is 23.2 Å². The fourth-order valence-electron chi connectivity index (χ4n) is 1.88. The Hall–Kier alpha value is -2.86. The van der Waals surface area contributed by atoms with Gasteiger partial charge in [-0.3, -0.25) is 4.79 Å². The number of ketones is 1. The molecule has 114 valence electrons. The third-order valence-corrected chi connectivity index (χ3v) is 2.96. The fraction of sp³-hybridized carbons (Fsp3) is 0.125. The summed E-state index contributed by atoms with van der Waals surface area (Å²) in [5.74, 6) is 0.463. The highest BCUT2D eigenvalue weighted by Gasteiger charge is 2.07. The molecule has 0 aliphatic carbocycles. The van der Waals surface area contributed by atoms with Crippen LogP contribution in [0.3, 0.4) is 0 Å². The highest BCUT2D eigenvalue weighted by Crippen LogP contribution is 2.17. The van der Waals surface area contributed by atoms with Gasteiger partial charge in [0.2, 0.25) is 0 Å². The lowest BCUT2D eigenvalue weighted by Gasteiger charge is -2.09. The van der Waals surface area contributed by atoms with Crippen LogP contribution in [0.25, 0.3) is 0 Å². The van der Waals surface area contributed by atoms with E-state index in [1.54, 1.807) is 55.6 Å². The Balaban J connectivity index is 2.04. The van der Waals surface area contributed by atoms with Crippen LogP contribution in [0.4, 0.5) is 16.2 Å². The normalized spacial score (nSPS) is 9.91. The van der Waals surface area contributed by atoms with Crippen LogP contribution in [0.1, 0.15) is 10.4 Å². The van der Waals surface area contributed by atoms with Gasteiger partial charge in [0.05, 0.1) is 13.7 Å². The minimum absolute atomic E-state index is 0.0700. The Kier molecular flexibility index (Phi) is 5.11. The lowest BCUT2D eigenvalue weighted by atomic mass is 10.1. The van der Waals surface area contributed by atoms with Gasteiger partial charge in [-0.25, -0.2) is 4.79 Å². The molecule has 0 radical (unpaired) electrons. The minimum atomic E-state index is -0.411. The number of carbonyl (C=O) groups is 2. The number of methoxy groups -OCH3 is 1. The Bertz CT molecular complexity index is 686. The number of ether oxygens (including phenoxy) is 1. The number of benzene rings is 2. The number of anilines is 2. The van der Waals surface area contributed by atoms with Crippen molar-refractivity contribution < 1.29 is 14.3 Å². The van der Waals surface area contributed by atoms with Crippen LogP contribution in [0.5, 0.6) is 5.75 Å². The summed E-state index contributed by atoms with van der Waals surface area (Å²) in [6, 6.07) is 13.2. The molecule has 0 atom stereocenters. The number of Topliss-reactive ketones (excluding diaryl/α,β-unsaturated/α-hetero) is 1. The standard InChI is InChI=1S/C16H17N3O3/c1-22-14-7-3-6-13(9-14)19-16(21)18-12-5-2-4-11(8-12)15(20)10-17/h2-9H,10,17H2,1H3,(H2,18,19,21). The van der Waals surface area contributed by atoms with Gasteiger partial charge in [-0.2, -0.15) is 0 Å². The number of nitrogens with two attached hydrogens (primary N) is 1. The predicted molar refractivity (Wildman–Crippen MR) is 85.5 cm³/mol. The summed E-state index contributed by atoms with van der Waals surface area (Å²) >= 11 is 0. The monoisotopic (exact) mass is 299 g/mol. The zero-order valence-electron chi connectivity index (χ0n) is 12.1. The van der Waals surface area contributed by atoms with Gasteiger partial charge in [0.15, 0.2) is 5.78 Å². The van der Waals surface area contributed by atoms with E-state index in [-0.39, 0.29) is 12.3 Å². The van der Waals surface area contributed by atoms with E-state index in [1.807, 2.05) is 0 Å². The average molecular weight is 299 g/mol. The number of hydrogen-bond donors (Lipinski definition) is 3. The second-order valence-corrected chi connectivity index (χ2v) is 4.52. The molecular formula is C16H17N3O3. The molecule has 2 aromatic carbocycles. The maximum atomic E-state index is 12.0. The molecule has 4 N–H and O–H groups in total. The van der Waals surface area contributed by atoms with E-state index in [0.29, 0.717) is 22.7 Å². The molecule has 0 fully saturated rings. The predicted octanol–water partition coefficient (Wildman–Crippen LogP) is 2.48. The smallest absolute Gasteiger partial charge is 0.323 e. The molecule has 0 saturated carbocycles. The second kappa shape index (κ2) is 7.24. The van der Waals surface area contributed by atoms with E-state index in [2.05, 4.69) is 10.6 Å². The molecule has 2 rings (SSSR count). The molecule has 22 heavy (non-hydrogen) atoms. The first-order chi connectivity index (χ1) is 10.6. The molecule has 6 nitrogen and oxygen atoms in total. The topological polar surface area (TPSA) is 93.5 Å². The molecule has 6 heteroatoms. The second-order valence-electron chi connectivity index (χ2n) is 4.52. The van der Waals surface area contributed by atoms with Crippen LogP contribution in [0, 0.1) is 0 Å². The summed E-state index contributed by atoms with van der Waals surface area (Å²) in [6.07, 6.45) is 0. The number of nitrogens with one attached hydrogen (secondary N) is 2. The molecule has 0 aliphatic heterocycles. The quantitative estimate of drug-likeness (QED) is 0.739. The van der Waals surface area contributed by atoms with Gasteiger partial charge < -0.3 is 21.1 Å². The van der Waals surface area contributed by atoms with Gasteiger partial charge in [-0.1, -0.05) is 18.2 Å². The Morgan fingerprint density at radius 2 is 1.68 bits per heavy atom. The third kappa shape index (κ3) is 4.07. The van der Waals surface area contributed by atoms with E-state index in [0.717, 1.165) is 0 Å². The van der Waals surface area contributed by atoms with E-state index in [9.17, 15) is 9.59 Å². The molecule has 0 saturated heterocycles. The summed E-state index contributed by atoms with van der Waals surface area (Å²) in [5.41, 5.74) is 6.90. The van der Waals surface area contributed by atoms with E-state index < -0.39 is 6.03 Å². The molecule has 0 aromatic heterocycles. The first kappa shape index (κ1) is 15.5. The van der Waals surface area contributed by atoms with Gasteiger partial charge >= 0.3 is 6.03 Å². The van der Waals surface area contributed by atoms with Gasteiger partial charge in [0.25, 0.3) is 0 Å². The number of rotatable bonds is 5. The molecule has 0 heterocycles. The summed E-state index contributed by atoms with van der Waals surface area (Å²) in [6.45, 7) is -0.0700. The van der Waals surface area contributed by atoms with E-state index in [4.69, 9.17) is 10.5 Å². The summed E-state index contributed by atoms with van der Waals surface area (Å²) in [4.78, 5) is 23.5. The highest BCUT2D eigenvalue weighted by atomic mass is 16.5. The van der Waals surface area contributed by atoms with Gasteiger partial charge in [-0.15, -0.1) is 0 Å². The van der Waals surface area contributed by atoms with Gasteiger partial charge in [0.1, 0.15) is 5.75 Å². The minimum Gasteiger partial charge on any atom is -0.497 e. The summed E-state index contributed by atoms with van der Waals surface area (Å²) in [5, 5.41) is 5.35. The molecular weight excluding hydrogens is 282 g/mol. The van der Waals surface area contributed by atoms with Crippen molar-refractivity contribution in [2.75, 3.05) is 24.3 Å². The Morgan fingerprint density at radius 1 is 1.05 bits per heavy atom. The fourth-order valence-corrected chi connectivity index (χ4v) is 1.88. The maximum Gasteiger partial charge on any atom is 0.323 e. The van der Waals surface area contributed by atoms with Crippen LogP contribution in [0.15, 0.2) is 48.5 Å². The van der Waals surface area contributed by atoms with Crippen molar-refractivity contribution in [2.24, 2.45) is 5.73 Å². The zero-order valence-corrected chi connectivity index (χ0v) is 12.1. The van der Waals surface area contributed by atoms with Crippen LogP contribution in [-0.4, -0.2) is 25.5 Å². The number of hydrogen-bond acceptors (Lipinski definition) is 4. The van der Waals surface area contributed by atoms with Crippen molar-refractivity contribution in [3.05, 3.63) is 54.1 Å². The number of urea groups is 1. The van der Waals surface area contributed by atoms with Crippen LogP contribution in [-0.2, 0) is 0 Å². The number of amides is 2. The van der Waals surface area contributed by atoms with Crippen molar-refractivity contribution in [3.8, 4) is 5.75 Å². The molecule has 0 aliphatic rings. The van der Waals surface area contributed by atoms with Gasteiger partial charge in [0, 0.05) is 23.0 Å². The summed E-state index contributed by atoms with van der Waals surface area (Å²) < 4.78 is 5.09. The Labute approximate surface area is 128 Å². The first-order valence-electron chi connectivity index (χ1n) is 6.68. The van der Waals surface area contributed by atoms with Crippen LogP contribution >= 0.6 is 0 Å². The van der Waals surface area contributed by atoms with Crippen molar-refractivity contribution in [3.63, 3.8) is 0 Å². The molecule has 2 aromatic rings. The number of carbonyl (C=O) groups excluding carboxylic acids is 2. The largest absolute Gasteiger partial charge is 0.497 e. The van der Waals surface area contributed by atoms with Gasteiger partial charge in [-0.05, 0) is 24.3 Å². The van der Waals surface area contributed by atoms with Crippen molar-refractivity contribution in [1.29, 1.82) is 0 Å². The lowest BCUT2D eigenvalue weighted by Crippen LogP contribution is -2.20. The Morgan fingerprint density at radius 3 is 2.32 bits per heavy atom. The van der Waals surface area contributed by atoms with Crippen LogP contribution < -0.4 is 21.1 Å². The highest BCUT2D eigenvalue weighted by molar-refractivity contribution is 6.02. The van der Waals surface area contributed by atoms with Crippen molar-refractivity contribution in [1.82, 2.24) is 0 Å². The van der Waals surface area contributed by atoms with E-state index >= 15 is 0 Å². The molecule has 0 spiro atoms. The third-order valence-electron chi connectivity index (χ3n) is 2.96. The average Bonchev–Trinajstić information content (AvgIpc) is 2.54. The zero-order chi connectivity index (χ0) is 15.9. The summed E-state index contributed by atoms with van der Waals surface area (Å²) in [7, 11) is 1.55.